The summed E-state index contributed by atoms with van der Waals surface area (Å²) >= 11 is 13.0. The summed E-state index contributed by atoms with van der Waals surface area (Å²) in [6, 6.07) is 20.1. The first-order chi connectivity index (χ1) is 26.6. The summed E-state index contributed by atoms with van der Waals surface area (Å²) in [6.07, 6.45) is 4.48. The molecule has 1 heterocycles. The molecule has 0 radical (unpaired) electrons. The number of amides is 1. The molecule has 0 bridgehead atoms. The Labute approximate surface area is 326 Å². The number of hydrogen-bond acceptors (Lipinski definition) is 8. The van der Waals surface area contributed by atoms with Gasteiger partial charge in [0.05, 0.1) is 19.1 Å². The average molecular weight is 797 g/mol. The van der Waals surface area contributed by atoms with Gasteiger partial charge in [0, 0.05) is 31.0 Å². The SMILES string of the molecule is CC(=O)OCCCC(C=NC(=O)OCC1c2ccccc2-c2ccccc21)C(=O)O[C@@H](Cc1c(Cl)c[nH+]cc1Cl)c1ccc(OC(F)F)c(OCC2CC2)c1. The van der Waals surface area contributed by atoms with E-state index in [1.54, 1.807) is 0 Å². The minimum absolute atomic E-state index is 0.0142. The summed E-state index contributed by atoms with van der Waals surface area (Å²) in [6.45, 7) is -1.48. The van der Waals surface area contributed by atoms with Crippen LogP contribution in [0, 0.1) is 11.8 Å². The van der Waals surface area contributed by atoms with Crippen LogP contribution in [-0.4, -0.2) is 50.7 Å². The molecule has 1 unspecified atom stereocenters. The maximum absolute atomic E-state index is 14.0. The standard InChI is InChI=1S/C41H38Cl2F2N2O8/c1-24(48)51-16-6-7-27(19-47-41(50)53-23-33-30-10-4-2-8-28(30)29-9-3-5-11-31(29)33)39(49)54-37(18-32-34(42)20-46-21-35(32)43)26-14-15-36(55-40(44)45)38(17-26)52-22-25-12-13-25/h2-5,8-11,14-15,17,19-21,25,27,33,37,40H,6-7,12-13,16,18,22-23H2,1H3/p+1/t27?,37-/m0/s1. The maximum atomic E-state index is 14.0. The smallest absolute Gasteiger partial charge is 0.433 e. The van der Waals surface area contributed by atoms with Crippen LogP contribution in [0.25, 0.3) is 11.1 Å². The Bertz CT molecular complexity index is 1980. The van der Waals surface area contributed by atoms with Gasteiger partial charge in [-0.2, -0.15) is 13.8 Å². The van der Waals surface area contributed by atoms with Gasteiger partial charge in [-0.3, -0.25) is 9.59 Å². The monoisotopic (exact) mass is 795 g/mol. The van der Waals surface area contributed by atoms with Crippen LogP contribution >= 0.6 is 23.2 Å². The fraction of sp³-hybridized carbons (Fsp3) is 0.341. The number of alkyl halides is 2. The zero-order valence-electron chi connectivity index (χ0n) is 29.9. The molecule has 1 saturated carbocycles. The molecule has 1 N–H and O–H groups in total. The normalized spacial score (nSPS) is 14.6. The summed E-state index contributed by atoms with van der Waals surface area (Å²) in [5, 5.41) is 0.539. The second kappa shape index (κ2) is 18.5. The van der Waals surface area contributed by atoms with Crippen LogP contribution in [0.1, 0.15) is 66.9 Å². The number of carbonyl (C=O) groups excluding carboxylic acids is 3. The maximum Gasteiger partial charge on any atom is 0.433 e. The lowest BCUT2D eigenvalue weighted by Crippen LogP contribution is -2.24. The Morgan fingerprint density at radius 1 is 0.909 bits per heavy atom. The van der Waals surface area contributed by atoms with Crippen molar-refractivity contribution in [2.45, 2.75) is 57.7 Å². The number of carbonyl (C=O) groups is 3. The number of pyridine rings is 1. The van der Waals surface area contributed by atoms with Crippen LogP contribution in [0.3, 0.4) is 0 Å². The Morgan fingerprint density at radius 3 is 2.22 bits per heavy atom. The van der Waals surface area contributed by atoms with Gasteiger partial charge in [-0.1, -0.05) is 77.8 Å². The largest absolute Gasteiger partial charge is 0.489 e. The van der Waals surface area contributed by atoms with Crippen LogP contribution in [0.4, 0.5) is 13.6 Å². The molecule has 2 aliphatic rings. The van der Waals surface area contributed by atoms with E-state index in [4.69, 9.17) is 46.9 Å². The third kappa shape index (κ3) is 10.6. The fourth-order valence-corrected chi connectivity index (χ4v) is 6.92. The van der Waals surface area contributed by atoms with E-state index in [0.29, 0.717) is 23.7 Å². The molecule has 14 heteroatoms. The number of rotatable bonds is 17. The number of nitrogens with one attached hydrogen (secondary N) is 1. The van der Waals surface area contributed by atoms with Gasteiger partial charge in [-0.05, 0) is 71.6 Å². The molecular formula is C41H39Cl2F2N2O8+. The number of aliphatic imine (C=N–C) groups is 1. The van der Waals surface area contributed by atoms with Crippen molar-refractivity contribution in [3.8, 4) is 22.6 Å². The Kier molecular flexibility index (Phi) is 13.3. The molecule has 55 heavy (non-hydrogen) atoms. The highest BCUT2D eigenvalue weighted by Gasteiger charge is 2.31. The van der Waals surface area contributed by atoms with Crippen molar-refractivity contribution >= 4 is 47.4 Å². The van der Waals surface area contributed by atoms with Gasteiger partial charge in [-0.25, -0.2) is 9.78 Å². The van der Waals surface area contributed by atoms with E-state index in [-0.39, 0.29) is 59.9 Å². The number of aromatic amines is 1. The van der Waals surface area contributed by atoms with E-state index < -0.39 is 36.7 Å². The molecule has 2 atom stereocenters. The van der Waals surface area contributed by atoms with Crippen molar-refractivity contribution in [2.75, 3.05) is 19.8 Å². The first-order valence-electron chi connectivity index (χ1n) is 17.9. The summed E-state index contributed by atoms with van der Waals surface area (Å²) in [5.74, 6) is -2.35. The molecule has 0 aliphatic heterocycles. The zero-order chi connectivity index (χ0) is 38.9. The molecule has 10 nitrogen and oxygen atoms in total. The molecule has 0 spiro atoms. The van der Waals surface area contributed by atoms with E-state index in [2.05, 4.69) is 9.98 Å². The molecule has 3 aromatic carbocycles. The van der Waals surface area contributed by atoms with E-state index in [9.17, 15) is 23.2 Å². The second-order valence-corrected chi connectivity index (χ2v) is 14.1. The van der Waals surface area contributed by atoms with Gasteiger partial charge in [0.25, 0.3) is 0 Å². The van der Waals surface area contributed by atoms with E-state index in [1.165, 1.54) is 37.5 Å². The highest BCUT2D eigenvalue weighted by Crippen LogP contribution is 2.44. The van der Waals surface area contributed by atoms with E-state index in [1.807, 2.05) is 48.5 Å². The van der Waals surface area contributed by atoms with E-state index in [0.717, 1.165) is 41.3 Å². The number of hydrogen-bond donors (Lipinski definition) is 0. The number of halogens is 4. The quantitative estimate of drug-likeness (QED) is 0.0449. The summed E-state index contributed by atoms with van der Waals surface area (Å²) in [7, 11) is 0. The predicted octanol–water partition coefficient (Wildman–Crippen LogP) is 9.00. The highest BCUT2D eigenvalue weighted by molar-refractivity contribution is 6.35. The second-order valence-electron chi connectivity index (χ2n) is 13.3. The summed E-state index contributed by atoms with van der Waals surface area (Å²) in [4.78, 5) is 45.3. The first-order valence-corrected chi connectivity index (χ1v) is 18.6. The van der Waals surface area contributed by atoms with Crippen LogP contribution in [-0.2, 0) is 30.2 Å². The lowest BCUT2D eigenvalue weighted by molar-refractivity contribution is -0.377. The van der Waals surface area contributed by atoms with Gasteiger partial charge >= 0.3 is 24.6 Å². The van der Waals surface area contributed by atoms with Crippen molar-refractivity contribution in [1.82, 2.24) is 0 Å². The molecule has 1 aromatic heterocycles. The molecule has 4 aromatic rings. The molecular weight excluding hydrogens is 757 g/mol. The van der Waals surface area contributed by atoms with Gasteiger partial charge in [-0.15, -0.1) is 0 Å². The highest BCUT2D eigenvalue weighted by atomic mass is 35.5. The number of aromatic nitrogens is 1. The van der Waals surface area contributed by atoms with Crippen molar-refractivity contribution in [3.05, 3.63) is 111 Å². The minimum Gasteiger partial charge on any atom is -0.489 e. The lowest BCUT2D eigenvalue weighted by Gasteiger charge is -2.23. The Balaban J connectivity index is 1.22. The third-order valence-corrected chi connectivity index (χ3v) is 10.0. The van der Waals surface area contributed by atoms with Gasteiger partial charge < -0.3 is 23.7 Å². The number of nitrogens with zero attached hydrogens (tertiary/aromatic N) is 1. The minimum atomic E-state index is -3.09. The molecule has 288 valence electrons. The average Bonchev–Trinajstić information content (AvgIpc) is 3.94. The van der Waals surface area contributed by atoms with Gasteiger partial charge in [0.2, 0.25) is 0 Å². The summed E-state index contributed by atoms with van der Waals surface area (Å²) in [5.41, 5.74) is 5.04. The van der Waals surface area contributed by atoms with Gasteiger partial charge in [0.1, 0.15) is 22.8 Å². The van der Waals surface area contributed by atoms with Crippen LogP contribution in [0.2, 0.25) is 10.0 Å². The lowest BCUT2D eigenvalue weighted by atomic mass is 9.98. The van der Waals surface area contributed by atoms with Crippen molar-refractivity contribution < 1.29 is 51.8 Å². The van der Waals surface area contributed by atoms with E-state index >= 15 is 0 Å². The number of benzene rings is 3. The molecule has 1 fully saturated rings. The molecule has 1 amide bonds. The number of ether oxygens (including phenoxy) is 5. The number of H-pyrrole nitrogens is 1. The summed E-state index contributed by atoms with van der Waals surface area (Å²) < 4.78 is 54.0. The molecule has 0 saturated heterocycles. The Hall–Kier alpha value is -5.07. The van der Waals surface area contributed by atoms with Crippen molar-refractivity contribution in [2.24, 2.45) is 16.8 Å². The van der Waals surface area contributed by atoms with Crippen molar-refractivity contribution in [1.29, 1.82) is 0 Å². The van der Waals surface area contributed by atoms with Crippen LogP contribution < -0.4 is 14.5 Å². The number of esters is 2. The zero-order valence-corrected chi connectivity index (χ0v) is 31.4. The van der Waals surface area contributed by atoms with Crippen LogP contribution in [0.15, 0.2) is 84.1 Å². The topological polar surface area (TPSA) is 124 Å². The van der Waals surface area contributed by atoms with Crippen molar-refractivity contribution in [3.63, 3.8) is 0 Å². The third-order valence-electron chi connectivity index (χ3n) is 9.34. The first kappa shape index (κ1) is 39.6. The Morgan fingerprint density at radius 2 is 1.58 bits per heavy atom. The fourth-order valence-electron chi connectivity index (χ4n) is 6.39. The molecule has 6 rings (SSSR count). The van der Waals surface area contributed by atoms with Gasteiger partial charge in [0.15, 0.2) is 23.9 Å². The number of fused-ring (bicyclic) bond motifs is 3. The van der Waals surface area contributed by atoms with Crippen LogP contribution in [0.5, 0.6) is 11.5 Å². The molecule has 2 aliphatic carbocycles. The predicted molar refractivity (Wildman–Crippen MR) is 200 cm³/mol.